The number of benzene rings is 1. The molecular formula is C13H11Br2FS. The number of alkyl halides is 1. The third kappa shape index (κ3) is 2.64. The normalized spacial score (nSPS) is 12.8. The quantitative estimate of drug-likeness (QED) is 0.584. The maximum absolute atomic E-state index is 13.3. The summed E-state index contributed by atoms with van der Waals surface area (Å²) < 4.78 is 14.4. The molecule has 1 aromatic carbocycles. The molecule has 0 aliphatic heterocycles. The highest BCUT2D eigenvalue weighted by molar-refractivity contribution is 9.11. The Morgan fingerprint density at radius 2 is 1.82 bits per heavy atom. The molecule has 2 rings (SSSR count). The molecule has 1 heterocycles. The fourth-order valence-corrected chi connectivity index (χ4v) is 5.12. The number of hydrogen-bond acceptors (Lipinski definition) is 1. The summed E-state index contributed by atoms with van der Waals surface area (Å²) in [4.78, 5) is 1.32. The van der Waals surface area contributed by atoms with Crippen molar-refractivity contribution in [1.82, 2.24) is 0 Å². The first-order valence-corrected chi connectivity index (χ1v) is 7.73. The highest BCUT2D eigenvalue weighted by atomic mass is 79.9. The maximum Gasteiger partial charge on any atom is 0.123 e. The molecule has 1 atom stereocenters. The largest absolute Gasteiger partial charge is 0.207 e. The molecule has 0 spiro atoms. The first kappa shape index (κ1) is 13.2. The number of hydrogen-bond donors (Lipinski definition) is 0. The zero-order valence-corrected chi connectivity index (χ0v) is 13.4. The van der Waals surface area contributed by atoms with Gasteiger partial charge in [-0.3, -0.25) is 0 Å². The zero-order valence-electron chi connectivity index (χ0n) is 9.43. The van der Waals surface area contributed by atoms with Gasteiger partial charge in [-0.05, 0) is 70.0 Å². The number of rotatable bonds is 2. The summed E-state index contributed by atoms with van der Waals surface area (Å²) in [5.41, 5.74) is 3.10. The summed E-state index contributed by atoms with van der Waals surface area (Å²) in [5, 5.41) is 2.04. The van der Waals surface area contributed by atoms with Gasteiger partial charge in [-0.2, -0.15) is 0 Å². The van der Waals surface area contributed by atoms with Crippen LogP contribution in [-0.4, -0.2) is 0 Å². The lowest BCUT2D eigenvalue weighted by Crippen LogP contribution is -1.99. The second-order valence-corrected chi connectivity index (χ2v) is 6.67. The maximum atomic E-state index is 13.3. The molecule has 17 heavy (non-hydrogen) atoms. The minimum Gasteiger partial charge on any atom is -0.207 e. The molecule has 0 bridgehead atoms. The van der Waals surface area contributed by atoms with Crippen LogP contribution < -0.4 is 0 Å². The third-order valence-corrected chi connectivity index (χ3v) is 5.84. The van der Waals surface area contributed by atoms with Crippen LogP contribution in [0, 0.1) is 19.7 Å². The number of thiophene rings is 1. The van der Waals surface area contributed by atoms with Crippen molar-refractivity contribution in [1.29, 1.82) is 0 Å². The van der Waals surface area contributed by atoms with Gasteiger partial charge in [0.1, 0.15) is 5.82 Å². The summed E-state index contributed by atoms with van der Waals surface area (Å²) in [6, 6.07) is 5.19. The SMILES string of the molecule is Cc1cc(F)cc(C)c1C(Br)c1sccc1Br. The number of halogens is 3. The van der Waals surface area contributed by atoms with Crippen LogP contribution in [0.5, 0.6) is 0 Å². The van der Waals surface area contributed by atoms with Crippen molar-refractivity contribution >= 4 is 43.2 Å². The smallest absolute Gasteiger partial charge is 0.123 e. The topological polar surface area (TPSA) is 0 Å². The Hall–Kier alpha value is -0.190. The van der Waals surface area contributed by atoms with E-state index in [9.17, 15) is 4.39 Å². The van der Waals surface area contributed by atoms with Gasteiger partial charge in [-0.15, -0.1) is 11.3 Å². The first-order chi connectivity index (χ1) is 8.00. The lowest BCUT2D eigenvalue weighted by Gasteiger charge is -2.15. The number of aryl methyl sites for hydroxylation is 2. The summed E-state index contributed by atoms with van der Waals surface area (Å²) in [5.74, 6) is -0.173. The van der Waals surface area contributed by atoms with Crippen molar-refractivity contribution < 1.29 is 4.39 Å². The molecule has 2 aromatic rings. The van der Waals surface area contributed by atoms with E-state index >= 15 is 0 Å². The Balaban J connectivity index is 2.51. The Labute approximate surface area is 121 Å². The Kier molecular flexibility index (Phi) is 4.06. The van der Waals surface area contributed by atoms with Crippen molar-refractivity contribution in [3.8, 4) is 0 Å². The molecule has 0 radical (unpaired) electrons. The molecule has 0 amide bonds. The predicted octanol–water partition coefficient (Wildman–Crippen LogP) is 5.75. The van der Waals surface area contributed by atoms with Gasteiger partial charge in [0.2, 0.25) is 0 Å². The van der Waals surface area contributed by atoms with E-state index in [2.05, 4.69) is 31.9 Å². The summed E-state index contributed by atoms with van der Waals surface area (Å²) in [7, 11) is 0. The van der Waals surface area contributed by atoms with Crippen LogP contribution in [0.15, 0.2) is 28.1 Å². The van der Waals surface area contributed by atoms with Gasteiger partial charge in [0, 0.05) is 9.35 Å². The molecule has 0 aliphatic rings. The van der Waals surface area contributed by atoms with E-state index in [1.807, 2.05) is 25.3 Å². The fraction of sp³-hybridized carbons (Fsp3) is 0.231. The first-order valence-electron chi connectivity index (χ1n) is 5.14. The van der Waals surface area contributed by atoms with E-state index in [0.29, 0.717) is 0 Å². The second kappa shape index (κ2) is 5.21. The van der Waals surface area contributed by atoms with Gasteiger partial charge >= 0.3 is 0 Å². The average molecular weight is 378 g/mol. The van der Waals surface area contributed by atoms with Crippen molar-refractivity contribution in [3.05, 3.63) is 55.4 Å². The van der Waals surface area contributed by atoms with Gasteiger partial charge in [0.15, 0.2) is 0 Å². The van der Waals surface area contributed by atoms with Gasteiger partial charge in [-0.25, -0.2) is 4.39 Å². The van der Waals surface area contributed by atoms with E-state index < -0.39 is 0 Å². The molecule has 0 saturated carbocycles. The molecule has 0 N–H and O–H groups in total. The highest BCUT2D eigenvalue weighted by Gasteiger charge is 2.19. The highest BCUT2D eigenvalue weighted by Crippen LogP contribution is 2.41. The molecule has 4 heteroatoms. The van der Waals surface area contributed by atoms with E-state index in [1.165, 1.54) is 4.88 Å². The fourth-order valence-electron chi connectivity index (χ4n) is 1.94. The van der Waals surface area contributed by atoms with E-state index in [1.54, 1.807) is 23.5 Å². The molecule has 0 saturated heterocycles. The Bertz CT molecular complexity index is 525. The summed E-state index contributed by atoms with van der Waals surface area (Å²) in [6.45, 7) is 3.89. The molecule has 0 aliphatic carbocycles. The van der Waals surface area contributed by atoms with Crippen LogP contribution in [0.1, 0.15) is 26.4 Å². The molecule has 0 fully saturated rings. The van der Waals surface area contributed by atoms with E-state index in [4.69, 9.17) is 0 Å². The van der Waals surface area contributed by atoms with Crippen LogP contribution in [-0.2, 0) is 0 Å². The van der Waals surface area contributed by atoms with Gasteiger partial charge in [-0.1, -0.05) is 15.9 Å². The molecular weight excluding hydrogens is 367 g/mol. The van der Waals surface area contributed by atoms with E-state index in [-0.39, 0.29) is 10.6 Å². The third-order valence-electron chi connectivity index (χ3n) is 2.69. The zero-order chi connectivity index (χ0) is 12.6. The van der Waals surface area contributed by atoms with Crippen LogP contribution in [0.25, 0.3) is 0 Å². The van der Waals surface area contributed by atoms with Crippen molar-refractivity contribution in [2.45, 2.75) is 18.7 Å². The second-order valence-electron chi connectivity index (χ2n) is 3.95. The van der Waals surface area contributed by atoms with Crippen LogP contribution >= 0.6 is 43.2 Å². The van der Waals surface area contributed by atoms with Crippen molar-refractivity contribution in [2.75, 3.05) is 0 Å². The van der Waals surface area contributed by atoms with Crippen LogP contribution in [0.3, 0.4) is 0 Å². The minimum absolute atomic E-state index is 0.109. The molecule has 1 aromatic heterocycles. The molecule has 1 unspecified atom stereocenters. The molecule has 0 nitrogen and oxygen atoms in total. The van der Waals surface area contributed by atoms with E-state index in [0.717, 1.165) is 21.2 Å². The summed E-state index contributed by atoms with van der Waals surface area (Å²) >= 11 is 8.93. The van der Waals surface area contributed by atoms with Gasteiger partial charge < -0.3 is 0 Å². The average Bonchev–Trinajstić information content (AvgIpc) is 2.62. The monoisotopic (exact) mass is 376 g/mol. The lowest BCUT2D eigenvalue weighted by molar-refractivity contribution is 0.624. The predicted molar refractivity (Wildman–Crippen MR) is 78.7 cm³/mol. The molecule has 90 valence electrons. The summed E-state index contributed by atoms with van der Waals surface area (Å²) in [6.07, 6.45) is 0. The van der Waals surface area contributed by atoms with Gasteiger partial charge in [0.05, 0.1) is 4.83 Å². The van der Waals surface area contributed by atoms with Crippen molar-refractivity contribution in [3.63, 3.8) is 0 Å². The standard InChI is InChI=1S/C13H11Br2FS/c1-7-5-9(16)6-8(2)11(7)12(15)13-10(14)3-4-17-13/h3-6,12H,1-2H3. The van der Waals surface area contributed by atoms with Crippen LogP contribution in [0.2, 0.25) is 0 Å². The van der Waals surface area contributed by atoms with Gasteiger partial charge in [0.25, 0.3) is 0 Å². The minimum atomic E-state index is -0.173. The lowest BCUT2D eigenvalue weighted by atomic mass is 9.99. The van der Waals surface area contributed by atoms with Crippen molar-refractivity contribution in [2.24, 2.45) is 0 Å². The Morgan fingerprint density at radius 1 is 1.24 bits per heavy atom. The Morgan fingerprint density at radius 3 is 2.29 bits per heavy atom. The van der Waals surface area contributed by atoms with Crippen LogP contribution in [0.4, 0.5) is 4.39 Å².